The van der Waals surface area contributed by atoms with Crippen LogP contribution in [0.25, 0.3) is 0 Å². The topological polar surface area (TPSA) is 29.1 Å². The zero-order valence-corrected chi connectivity index (χ0v) is 20.6. The minimum Gasteiger partial charge on any atom is -1.00 e. The molecule has 4 heteroatoms. The highest BCUT2D eigenvalue weighted by Crippen LogP contribution is 2.14. The number of nitrogens with zero attached hydrogens (tertiary/aromatic N) is 1. The lowest BCUT2D eigenvalue weighted by atomic mass is 10.0. The summed E-state index contributed by atoms with van der Waals surface area (Å²) in [6.07, 6.45) is 22.2. The molecule has 1 unspecified atom stereocenters. The van der Waals surface area contributed by atoms with Crippen LogP contribution in [-0.2, 0) is 4.79 Å². The molecule has 3 nitrogen and oxygen atoms in total. The molecule has 1 amide bonds. The summed E-state index contributed by atoms with van der Waals surface area (Å²) in [5, 5.41) is 0. The molecular formula is C24H51ClN2O. The van der Waals surface area contributed by atoms with Gasteiger partial charge in [0.1, 0.15) is 6.04 Å². The van der Waals surface area contributed by atoms with Gasteiger partial charge in [0.25, 0.3) is 5.91 Å². The van der Waals surface area contributed by atoms with Crippen molar-refractivity contribution in [2.75, 3.05) is 14.1 Å². The maximum Gasteiger partial charge on any atom is 0.264 e. The minimum absolute atomic E-state index is 0. The van der Waals surface area contributed by atoms with E-state index in [-0.39, 0.29) is 18.3 Å². The van der Waals surface area contributed by atoms with E-state index < -0.39 is 0 Å². The van der Waals surface area contributed by atoms with Gasteiger partial charge in [-0.25, -0.2) is 10.0 Å². The predicted octanol–water partition coefficient (Wildman–Crippen LogP) is 4.16. The minimum atomic E-state index is 0. The fourth-order valence-electron chi connectivity index (χ4n) is 3.60. The van der Waals surface area contributed by atoms with Crippen molar-refractivity contribution in [1.82, 2.24) is 5.43 Å². The summed E-state index contributed by atoms with van der Waals surface area (Å²) in [7, 11) is 4.16. The van der Waals surface area contributed by atoms with E-state index in [2.05, 4.69) is 40.3 Å². The number of halogens is 1. The highest BCUT2D eigenvalue weighted by molar-refractivity contribution is 5.74. The second-order valence-electron chi connectivity index (χ2n) is 9.03. The molecule has 0 aromatic carbocycles. The standard InChI is InChI=1S/C24H50N2O.ClH/c1-6-8-9-10-11-12-13-14-15-16-17-18-19-20-21-22-24(27)25-26(4,5)23(3)7-2;/h23H,6-22H2,1-5H3;1H. The van der Waals surface area contributed by atoms with E-state index in [0.717, 1.165) is 12.8 Å². The van der Waals surface area contributed by atoms with Crippen molar-refractivity contribution in [1.29, 1.82) is 0 Å². The summed E-state index contributed by atoms with van der Waals surface area (Å²) in [6, 6.07) is 0.454. The lowest BCUT2D eigenvalue weighted by molar-refractivity contribution is -0.947. The van der Waals surface area contributed by atoms with E-state index in [1.54, 1.807) is 0 Å². The van der Waals surface area contributed by atoms with Crippen LogP contribution in [0.4, 0.5) is 0 Å². The van der Waals surface area contributed by atoms with E-state index in [1.165, 1.54) is 89.9 Å². The Morgan fingerprint density at radius 2 is 1.07 bits per heavy atom. The van der Waals surface area contributed by atoms with E-state index in [4.69, 9.17) is 0 Å². The fourth-order valence-corrected chi connectivity index (χ4v) is 3.60. The molecule has 1 N–H and O–H groups in total. The molecule has 0 aromatic heterocycles. The average Bonchev–Trinajstić information content (AvgIpc) is 2.63. The highest BCUT2D eigenvalue weighted by atomic mass is 35.5. The van der Waals surface area contributed by atoms with Crippen molar-refractivity contribution < 1.29 is 21.8 Å². The van der Waals surface area contributed by atoms with Gasteiger partial charge in [0.15, 0.2) is 0 Å². The van der Waals surface area contributed by atoms with Gasteiger partial charge < -0.3 is 12.4 Å². The number of rotatable bonds is 19. The van der Waals surface area contributed by atoms with Gasteiger partial charge >= 0.3 is 0 Å². The second kappa shape index (κ2) is 20.0. The quantitative estimate of drug-likeness (QED) is 0.190. The van der Waals surface area contributed by atoms with Gasteiger partial charge in [0.2, 0.25) is 0 Å². The molecule has 170 valence electrons. The molecule has 0 fully saturated rings. The number of amides is 1. The zero-order valence-electron chi connectivity index (χ0n) is 19.8. The van der Waals surface area contributed by atoms with Crippen LogP contribution in [0.3, 0.4) is 0 Å². The molecule has 0 aliphatic carbocycles. The third-order valence-electron chi connectivity index (χ3n) is 6.11. The maximum absolute atomic E-state index is 12.1. The summed E-state index contributed by atoms with van der Waals surface area (Å²) in [4.78, 5) is 12.1. The molecule has 0 rings (SSSR count). The summed E-state index contributed by atoms with van der Waals surface area (Å²) >= 11 is 0. The number of carbonyl (C=O) groups is 1. The molecule has 0 spiro atoms. The fraction of sp³-hybridized carbons (Fsp3) is 0.958. The van der Waals surface area contributed by atoms with Crippen LogP contribution in [0.15, 0.2) is 0 Å². The number of unbranched alkanes of at least 4 members (excludes halogenated alkanes) is 14. The summed E-state index contributed by atoms with van der Waals surface area (Å²) in [5.74, 6) is 0.204. The predicted molar refractivity (Wildman–Crippen MR) is 120 cm³/mol. The van der Waals surface area contributed by atoms with Gasteiger partial charge in [-0.3, -0.25) is 4.79 Å². The molecule has 0 radical (unpaired) electrons. The first-order valence-electron chi connectivity index (χ1n) is 12.1. The van der Waals surface area contributed by atoms with Gasteiger partial charge in [-0.05, 0) is 19.8 Å². The van der Waals surface area contributed by atoms with Crippen molar-refractivity contribution in [3.63, 3.8) is 0 Å². The van der Waals surface area contributed by atoms with E-state index in [9.17, 15) is 4.79 Å². The Labute approximate surface area is 183 Å². The second-order valence-corrected chi connectivity index (χ2v) is 9.03. The van der Waals surface area contributed by atoms with Crippen LogP contribution in [-0.4, -0.2) is 30.6 Å². The first-order chi connectivity index (χ1) is 12.9. The van der Waals surface area contributed by atoms with Crippen LogP contribution in [0, 0.1) is 0 Å². The summed E-state index contributed by atoms with van der Waals surface area (Å²) < 4.78 is 0.591. The number of quaternary nitrogens is 1. The number of hydrogen-bond acceptors (Lipinski definition) is 1. The van der Waals surface area contributed by atoms with Crippen LogP contribution in [0.5, 0.6) is 0 Å². The SMILES string of the molecule is CCCCCCCCCCCCCCCCCC(=O)N[N+](C)(C)C(C)CC.[Cl-]. The number of hydrogen-bond donors (Lipinski definition) is 1. The summed E-state index contributed by atoms with van der Waals surface area (Å²) in [5.41, 5.74) is 3.16. The van der Waals surface area contributed by atoms with Crippen molar-refractivity contribution >= 4 is 5.91 Å². The monoisotopic (exact) mass is 418 g/mol. The third kappa shape index (κ3) is 17.8. The number of carbonyl (C=O) groups excluding carboxylic acids is 1. The Kier molecular flexibility index (Phi) is 21.4. The van der Waals surface area contributed by atoms with Gasteiger partial charge in [0, 0.05) is 6.42 Å². The first kappa shape index (κ1) is 29.9. The van der Waals surface area contributed by atoms with Crippen LogP contribution < -0.4 is 17.8 Å². The zero-order chi connectivity index (χ0) is 20.4. The van der Waals surface area contributed by atoms with Gasteiger partial charge in [-0.1, -0.05) is 104 Å². The first-order valence-corrected chi connectivity index (χ1v) is 12.1. The lowest BCUT2D eigenvalue weighted by Gasteiger charge is -2.34. The van der Waals surface area contributed by atoms with E-state index >= 15 is 0 Å². The molecule has 1 atom stereocenters. The molecule has 28 heavy (non-hydrogen) atoms. The highest BCUT2D eigenvalue weighted by Gasteiger charge is 2.24. The molecule has 0 saturated carbocycles. The molecule has 0 saturated heterocycles. The molecule has 0 aromatic rings. The van der Waals surface area contributed by atoms with Gasteiger partial charge in [0.05, 0.1) is 14.1 Å². The van der Waals surface area contributed by atoms with Crippen molar-refractivity contribution in [2.45, 2.75) is 136 Å². The Hall–Kier alpha value is -0.280. The summed E-state index contributed by atoms with van der Waals surface area (Å²) in [6.45, 7) is 6.64. The van der Waals surface area contributed by atoms with E-state index in [0.29, 0.717) is 17.1 Å². The number of nitrogens with one attached hydrogen (secondary N) is 1. The Morgan fingerprint density at radius 3 is 1.43 bits per heavy atom. The van der Waals surface area contributed by atoms with Crippen molar-refractivity contribution in [3.8, 4) is 0 Å². The van der Waals surface area contributed by atoms with Crippen LogP contribution in [0.1, 0.15) is 130 Å². The Bertz CT molecular complexity index is 347. The van der Waals surface area contributed by atoms with Crippen molar-refractivity contribution in [3.05, 3.63) is 0 Å². The molecule has 0 heterocycles. The smallest absolute Gasteiger partial charge is 0.264 e. The molecular weight excluding hydrogens is 368 g/mol. The van der Waals surface area contributed by atoms with Gasteiger partial charge in [-0.2, -0.15) is 0 Å². The molecule has 0 aliphatic rings. The molecule has 0 aliphatic heterocycles. The average molecular weight is 419 g/mol. The largest absolute Gasteiger partial charge is 1.00 e. The van der Waals surface area contributed by atoms with Crippen LogP contribution in [0.2, 0.25) is 0 Å². The maximum atomic E-state index is 12.1. The van der Waals surface area contributed by atoms with Crippen LogP contribution >= 0.6 is 0 Å². The van der Waals surface area contributed by atoms with Gasteiger partial charge in [-0.15, -0.1) is 0 Å². The normalized spacial score (nSPS) is 12.5. The van der Waals surface area contributed by atoms with E-state index in [1.807, 2.05) is 0 Å². The third-order valence-corrected chi connectivity index (χ3v) is 6.11. The Morgan fingerprint density at radius 1 is 0.714 bits per heavy atom. The Balaban J connectivity index is 0. The van der Waals surface area contributed by atoms with Crippen molar-refractivity contribution in [2.24, 2.45) is 0 Å². The lowest BCUT2D eigenvalue weighted by Crippen LogP contribution is -3.00. The molecule has 0 bridgehead atoms.